The lowest BCUT2D eigenvalue weighted by Crippen LogP contribution is -2.13. The van der Waals surface area contributed by atoms with Crippen molar-refractivity contribution in [2.24, 2.45) is 5.73 Å². The molecule has 0 aliphatic rings. The van der Waals surface area contributed by atoms with Gasteiger partial charge < -0.3 is 5.73 Å². The van der Waals surface area contributed by atoms with E-state index < -0.39 is 0 Å². The molecular formula is C14H12Br2ClN. The van der Waals surface area contributed by atoms with Crippen LogP contribution >= 0.6 is 43.5 Å². The van der Waals surface area contributed by atoms with Crippen molar-refractivity contribution in [3.8, 4) is 0 Å². The highest BCUT2D eigenvalue weighted by atomic mass is 79.9. The summed E-state index contributed by atoms with van der Waals surface area (Å²) in [5.41, 5.74) is 9.41. The summed E-state index contributed by atoms with van der Waals surface area (Å²) in [6, 6.07) is 11.5. The summed E-state index contributed by atoms with van der Waals surface area (Å²) >= 11 is 13.3. The summed E-state index contributed by atoms with van der Waals surface area (Å²) in [5.74, 6) is 0. The molecule has 0 bridgehead atoms. The third-order valence-corrected chi connectivity index (χ3v) is 4.74. The summed E-state index contributed by atoms with van der Waals surface area (Å²) in [4.78, 5) is 0. The van der Waals surface area contributed by atoms with Crippen LogP contribution in [0, 0.1) is 6.92 Å². The van der Waals surface area contributed by atoms with E-state index in [2.05, 4.69) is 37.9 Å². The third-order valence-electron chi connectivity index (χ3n) is 2.85. The quantitative estimate of drug-likeness (QED) is 0.749. The lowest BCUT2D eigenvalue weighted by molar-refractivity contribution is 0.864. The molecule has 0 spiro atoms. The molecule has 1 atom stereocenters. The second-order valence-electron chi connectivity index (χ2n) is 4.12. The monoisotopic (exact) mass is 387 g/mol. The van der Waals surface area contributed by atoms with Gasteiger partial charge in [0.25, 0.3) is 0 Å². The van der Waals surface area contributed by atoms with Gasteiger partial charge in [0.1, 0.15) is 0 Å². The van der Waals surface area contributed by atoms with Crippen molar-refractivity contribution < 1.29 is 0 Å². The Kier molecular flexibility index (Phi) is 4.49. The largest absolute Gasteiger partial charge is 0.320 e. The van der Waals surface area contributed by atoms with Gasteiger partial charge in [-0.05, 0) is 41.8 Å². The van der Waals surface area contributed by atoms with Gasteiger partial charge in [0.05, 0.1) is 6.04 Å². The van der Waals surface area contributed by atoms with Crippen LogP contribution in [0.1, 0.15) is 22.7 Å². The minimum Gasteiger partial charge on any atom is -0.320 e. The third kappa shape index (κ3) is 2.80. The van der Waals surface area contributed by atoms with Gasteiger partial charge in [0.15, 0.2) is 0 Å². The lowest BCUT2D eigenvalue weighted by Gasteiger charge is -2.17. The average Bonchev–Trinajstić information content (AvgIpc) is 2.33. The maximum absolute atomic E-state index is 6.30. The molecule has 0 saturated heterocycles. The molecule has 0 aliphatic carbocycles. The first-order valence-corrected chi connectivity index (χ1v) is 7.42. The summed E-state index contributed by atoms with van der Waals surface area (Å²) in [5, 5.41) is 0.689. The topological polar surface area (TPSA) is 26.0 Å². The summed E-state index contributed by atoms with van der Waals surface area (Å²) < 4.78 is 2.04. The van der Waals surface area contributed by atoms with E-state index in [4.69, 9.17) is 17.3 Å². The van der Waals surface area contributed by atoms with E-state index in [1.165, 1.54) is 0 Å². The zero-order valence-corrected chi connectivity index (χ0v) is 13.7. The lowest BCUT2D eigenvalue weighted by atomic mass is 9.99. The minimum absolute atomic E-state index is 0.245. The second-order valence-corrected chi connectivity index (χ2v) is 6.24. The van der Waals surface area contributed by atoms with E-state index in [-0.39, 0.29) is 6.04 Å². The predicted molar refractivity (Wildman–Crippen MR) is 84.1 cm³/mol. The van der Waals surface area contributed by atoms with Crippen LogP contribution in [0.3, 0.4) is 0 Å². The van der Waals surface area contributed by atoms with Crippen molar-refractivity contribution in [1.29, 1.82) is 0 Å². The molecule has 2 aromatic rings. The highest BCUT2D eigenvalue weighted by molar-refractivity contribution is 9.11. The molecule has 2 rings (SSSR count). The Morgan fingerprint density at radius 1 is 1.06 bits per heavy atom. The zero-order valence-electron chi connectivity index (χ0n) is 9.75. The van der Waals surface area contributed by atoms with Crippen LogP contribution in [-0.2, 0) is 0 Å². The molecule has 0 radical (unpaired) electrons. The fraction of sp³-hybridized carbons (Fsp3) is 0.143. The van der Waals surface area contributed by atoms with Crippen LogP contribution in [0.2, 0.25) is 5.02 Å². The molecule has 94 valence electrons. The number of aryl methyl sites for hydroxylation is 1. The van der Waals surface area contributed by atoms with Gasteiger partial charge in [-0.3, -0.25) is 0 Å². The molecule has 2 N–H and O–H groups in total. The van der Waals surface area contributed by atoms with Crippen molar-refractivity contribution >= 4 is 43.5 Å². The molecule has 2 aromatic carbocycles. The Bertz CT molecular complexity index is 584. The first-order valence-electron chi connectivity index (χ1n) is 5.46. The minimum atomic E-state index is -0.245. The van der Waals surface area contributed by atoms with Crippen LogP contribution < -0.4 is 5.73 Å². The molecule has 0 saturated carbocycles. The Balaban J connectivity index is 2.50. The average molecular weight is 390 g/mol. The second kappa shape index (κ2) is 5.74. The van der Waals surface area contributed by atoms with Crippen molar-refractivity contribution in [1.82, 2.24) is 0 Å². The van der Waals surface area contributed by atoms with E-state index in [9.17, 15) is 0 Å². The van der Waals surface area contributed by atoms with Crippen LogP contribution in [0.4, 0.5) is 0 Å². The van der Waals surface area contributed by atoms with Gasteiger partial charge in [-0.2, -0.15) is 0 Å². The van der Waals surface area contributed by atoms with E-state index in [1.807, 2.05) is 37.3 Å². The van der Waals surface area contributed by atoms with Crippen molar-refractivity contribution in [2.75, 3.05) is 0 Å². The van der Waals surface area contributed by atoms with Gasteiger partial charge in [-0.1, -0.05) is 61.7 Å². The standard InChI is InChI=1S/C14H12Br2ClN/c1-8-6-12(16)10(7-11(8)15)14(18)9-4-2-3-5-13(9)17/h2-7,14H,18H2,1H3. The van der Waals surface area contributed by atoms with E-state index in [1.54, 1.807) is 0 Å². The maximum atomic E-state index is 6.30. The smallest absolute Gasteiger partial charge is 0.0578 e. The van der Waals surface area contributed by atoms with Crippen LogP contribution in [0.25, 0.3) is 0 Å². The fourth-order valence-corrected chi connectivity index (χ4v) is 3.11. The number of rotatable bonds is 2. The van der Waals surface area contributed by atoms with Gasteiger partial charge in [-0.25, -0.2) is 0 Å². The van der Waals surface area contributed by atoms with Crippen LogP contribution in [-0.4, -0.2) is 0 Å². The van der Waals surface area contributed by atoms with Gasteiger partial charge >= 0.3 is 0 Å². The molecule has 0 amide bonds. The number of nitrogens with two attached hydrogens (primary N) is 1. The fourth-order valence-electron chi connectivity index (χ4n) is 1.79. The number of hydrogen-bond acceptors (Lipinski definition) is 1. The first kappa shape index (κ1) is 14.1. The molecule has 1 nitrogen and oxygen atoms in total. The van der Waals surface area contributed by atoms with Gasteiger partial charge in [-0.15, -0.1) is 0 Å². The summed E-state index contributed by atoms with van der Waals surface area (Å²) in [7, 11) is 0. The Morgan fingerprint density at radius 3 is 2.39 bits per heavy atom. The van der Waals surface area contributed by atoms with Crippen molar-refractivity contribution in [3.05, 3.63) is 67.1 Å². The van der Waals surface area contributed by atoms with Crippen LogP contribution in [0.5, 0.6) is 0 Å². The highest BCUT2D eigenvalue weighted by Crippen LogP contribution is 2.33. The van der Waals surface area contributed by atoms with E-state index in [0.29, 0.717) is 5.02 Å². The molecule has 0 fully saturated rings. The first-order chi connectivity index (χ1) is 8.50. The summed E-state index contributed by atoms with van der Waals surface area (Å²) in [6.07, 6.45) is 0. The SMILES string of the molecule is Cc1cc(Br)c(C(N)c2ccccc2Cl)cc1Br. The van der Waals surface area contributed by atoms with E-state index in [0.717, 1.165) is 25.6 Å². The Morgan fingerprint density at radius 2 is 1.72 bits per heavy atom. The predicted octanol–water partition coefficient (Wildman–Crippen LogP) is 5.22. The maximum Gasteiger partial charge on any atom is 0.0578 e. The Hall–Kier alpha value is -0.350. The highest BCUT2D eigenvalue weighted by Gasteiger charge is 2.16. The van der Waals surface area contributed by atoms with Crippen molar-refractivity contribution in [3.63, 3.8) is 0 Å². The van der Waals surface area contributed by atoms with Crippen LogP contribution in [0.15, 0.2) is 45.3 Å². The summed E-state index contributed by atoms with van der Waals surface area (Å²) in [6.45, 7) is 2.04. The van der Waals surface area contributed by atoms with Gasteiger partial charge in [0, 0.05) is 14.0 Å². The van der Waals surface area contributed by atoms with Crippen molar-refractivity contribution in [2.45, 2.75) is 13.0 Å². The molecule has 0 aliphatic heterocycles. The molecule has 0 aromatic heterocycles. The zero-order chi connectivity index (χ0) is 13.3. The molecule has 0 heterocycles. The normalized spacial score (nSPS) is 12.5. The number of benzene rings is 2. The Labute approximate surface area is 129 Å². The molecule has 4 heteroatoms. The number of halogens is 3. The number of hydrogen-bond donors (Lipinski definition) is 1. The molecule has 1 unspecified atom stereocenters. The van der Waals surface area contributed by atoms with E-state index >= 15 is 0 Å². The molecular weight excluding hydrogens is 377 g/mol. The van der Waals surface area contributed by atoms with Gasteiger partial charge in [0.2, 0.25) is 0 Å². The molecule has 18 heavy (non-hydrogen) atoms.